The highest BCUT2D eigenvalue weighted by atomic mass is 16.6. The summed E-state index contributed by atoms with van der Waals surface area (Å²) in [6.45, 7) is 4.66. The van der Waals surface area contributed by atoms with Gasteiger partial charge in [-0.1, -0.05) is 0 Å². The number of benzene rings is 1. The van der Waals surface area contributed by atoms with Crippen molar-refractivity contribution in [3.8, 4) is 5.75 Å². The van der Waals surface area contributed by atoms with E-state index >= 15 is 0 Å². The maximum absolute atomic E-state index is 10.6. The molecule has 2 N–H and O–H groups in total. The molecule has 1 heterocycles. The minimum absolute atomic E-state index is 0.0967. The summed E-state index contributed by atoms with van der Waals surface area (Å²) in [7, 11) is 0. The van der Waals surface area contributed by atoms with E-state index in [0.29, 0.717) is 12.4 Å². The number of anilines is 1. The smallest absolute Gasteiger partial charge is 0.292 e. The topological polar surface area (TPSA) is 90.9 Å². The number of nitrogen functional groups attached to an aromatic ring is 1. The number of nitrogens with two attached hydrogens (primary N) is 1. The number of nitro groups is 1. The van der Waals surface area contributed by atoms with Gasteiger partial charge >= 0.3 is 0 Å². The maximum atomic E-state index is 10.6. The van der Waals surface area contributed by atoms with Crippen molar-refractivity contribution < 1.29 is 14.4 Å². The summed E-state index contributed by atoms with van der Waals surface area (Å²) in [6, 6.07) is 4.41. The molecule has 1 aromatic rings. The Labute approximate surface area is 111 Å². The van der Waals surface area contributed by atoms with Gasteiger partial charge in [0.2, 0.25) is 0 Å². The molecule has 19 heavy (non-hydrogen) atoms. The van der Waals surface area contributed by atoms with Crippen molar-refractivity contribution in [1.82, 2.24) is 4.90 Å². The van der Waals surface area contributed by atoms with Crippen LogP contribution in [0.1, 0.15) is 0 Å². The van der Waals surface area contributed by atoms with Gasteiger partial charge < -0.3 is 15.2 Å². The molecular weight excluding hydrogens is 250 g/mol. The molecule has 1 saturated heterocycles. The van der Waals surface area contributed by atoms with Gasteiger partial charge in [0.05, 0.1) is 18.1 Å². The van der Waals surface area contributed by atoms with Crippen molar-refractivity contribution in [3.63, 3.8) is 0 Å². The Morgan fingerprint density at radius 3 is 2.79 bits per heavy atom. The molecule has 0 spiro atoms. The van der Waals surface area contributed by atoms with Crippen LogP contribution in [0.4, 0.5) is 11.4 Å². The SMILES string of the molecule is Nc1cc(OCCN2CCOCC2)ccc1[N+](=O)[O-]. The number of hydrogen-bond acceptors (Lipinski definition) is 6. The lowest BCUT2D eigenvalue weighted by molar-refractivity contribution is -0.383. The second kappa shape index (κ2) is 6.35. The van der Waals surface area contributed by atoms with Gasteiger partial charge in [-0.25, -0.2) is 0 Å². The standard InChI is InChI=1S/C12H17N3O4/c13-11-9-10(1-2-12(11)15(16)17)19-8-5-14-3-6-18-7-4-14/h1-2,9H,3-8,13H2. The van der Waals surface area contributed by atoms with E-state index in [-0.39, 0.29) is 11.4 Å². The molecule has 1 aliphatic rings. The summed E-state index contributed by atoms with van der Waals surface area (Å²) in [5.41, 5.74) is 5.61. The molecule has 0 aliphatic carbocycles. The first-order valence-electron chi connectivity index (χ1n) is 6.13. The molecule has 0 saturated carbocycles. The van der Waals surface area contributed by atoms with Gasteiger partial charge in [-0.2, -0.15) is 0 Å². The minimum Gasteiger partial charge on any atom is -0.492 e. The molecule has 0 unspecified atom stereocenters. The third-order valence-electron chi connectivity index (χ3n) is 2.98. The van der Waals surface area contributed by atoms with Crippen LogP contribution in [0, 0.1) is 10.1 Å². The first-order valence-corrected chi connectivity index (χ1v) is 6.13. The lowest BCUT2D eigenvalue weighted by Crippen LogP contribution is -2.38. The Hall–Kier alpha value is -1.86. The summed E-state index contributed by atoms with van der Waals surface area (Å²) in [4.78, 5) is 12.4. The van der Waals surface area contributed by atoms with Crippen molar-refractivity contribution in [2.75, 3.05) is 45.2 Å². The molecule has 104 valence electrons. The molecule has 0 amide bonds. The third kappa shape index (κ3) is 3.80. The predicted octanol–water partition coefficient (Wildman–Crippen LogP) is 0.888. The maximum Gasteiger partial charge on any atom is 0.292 e. The van der Waals surface area contributed by atoms with E-state index in [9.17, 15) is 10.1 Å². The Morgan fingerprint density at radius 1 is 1.42 bits per heavy atom. The molecule has 0 radical (unpaired) electrons. The summed E-state index contributed by atoms with van der Waals surface area (Å²) in [6.07, 6.45) is 0. The van der Waals surface area contributed by atoms with Gasteiger partial charge in [0, 0.05) is 31.8 Å². The van der Waals surface area contributed by atoms with Crippen molar-refractivity contribution in [2.45, 2.75) is 0 Å². The average molecular weight is 267 g/mol. The molecule has 1 fully saturated rings. The highest BCUT2D eigenvalue weighted by Gasteiger charge is 2.12. The van der Waals surface area contributed by atoms with Crippen LogP contribution in [-0.4, -0.2) is 49.3 Å². The van der Waals surface area contributed by atoms with Crippen molar-refractivity contribution in [3.05, 3.63) is 28.3 Å². The fourth-order valence-electron chi connectivity index (χ4n) is 1.91. The average Bonchev–Trinajstić information content (AvgIpc) is 2.39. The lowest BCUT2D eigenvalue weighted by atomic mass is 10.2. The fraction of sp³-hybridized carbons (Fsp3) is 0.500. The molecule has 7 nitrogen and oxygen atoms in total. The van der Waals surface area contributed by atoms with Crippen LogP contribution in [-0.2, 0) is 4.74 Å². The Kier molecular flexibility index (Phi) is 4.53. The largest absolute Gasteiger partial charge is 0.492 e. The van der Waals surface area contributed by atoms with E-state index in [4.69, 9.17) is 15.2 Å². The van der Waals surface area contributed by atoms with Gasteiger partial charge in [0.1, 0.15) is 18.0 Å². The Bertz CT molecular complexity index is 447. The predicted molar refractivity (Wildman–Crippen MR) is 70.3 cm³/mol. The van der Waals surface area contributed by atoms with E-state index < -0.39 is 4.92 Å². The third-order valence-corrected chi connectivity index (χ3v) is 2.98. The van der Waals surface area contributed by atoms with Crippen molar-refractivity contribution in [2.24, 2.45) is 0 Å². The van der Waals surface area contributed by atoms with Crippen LogP contribution in [0.15, 0.2) is 18.2 Å². The molecule has 1 aliphatic heterocycles. The summed E-state index contributed by atoms with van der Waals surface area (Å²) < 4.78 is 10.8. The summed E-state index contributed by atoms with van der Waals surface area (Å²) in [5, 5.41) is 10.6. The Balaban J connectivity index is 1.82. The van der Waals surface area contributed by atoms with Crippen LogP contribution in [0.25, 0.3) is 0 Å². The van der Waals surface area contributed by atoms with Crippen LogP contribution >= 0.6 is 0 Å². The first kappa shape index (κ1) is 13.6. The lowest BCUT2D eigenvalue weighted by Gasteiger charge is -2.26. The fourth-order valence-corrected chi connectivity index (χ4v) is 1.91. The van der Waals surface area contributed by atoms with E-state index in [1.807, 2.05) is 0 Å². The number of nitrogens with zero attached hydrogens (tertiary/aromatic N) is 2. The van der Waals surface area contributed by atoms with Crippen molar-refractivity contribution >= 4 is 11.4 Å². The normalized spacial score (nSPS) is 16.2. The zero-order valence-corrected chi connectivity index (χ0v) is 10.6. The minimum atomic E-state index is -0.507. The van der Waals surface area contributed by atoms with E-state index in [1.54, 1.807) is 6.07 Å². The van der Waals surface area contributed by atoms with Crippen LogP contribution < -0.4 is 10.5 Å². The molecule has 2 rings (SSSR count). The molecule has 0 atom stereocenters. The monoisotopic (exact) mass is 267 g/mol. The number of hydrogen-bond donors (Lipinski definition) is 1. The van der Waals surface area contributed by atoms with Crippen LogP contribution in [0.3, 0.4) is 0 Å². The van der Waals surface area contributed by atoms with Crippen molar-refractivity contribution in [1.29, 1.82) is 0 Å². The van der Waals surface area contributed by atoms with Gasteiger partial charge in [0.15, 0.2) is 0 Å². The summed E-state index contributed by atoms with van der Waals surface area (Å²) >= 11 is 0. The first-order chi connectivity index (χ1) is 9.16. The van der Waals surface area contributed by atoms with E-state index in [0.717, 1.165) is 32.8 Å². The molecular formula is C12H17N3O4. The molecule has 0 bridgehead atoms. The number of rotatable bonds is 5. The number of nitro benzene ring substituents is 1. The van der Waals surface area contributed by atoms with E-state index in [1.165, 1.54) is 12.1 Å². The number of morpholine rings is 1. The summed E-state index contributed by atoms with van der Waals surface area (Å²) in [5.74, 6) is 0.552. The van der Waals surface area contributed by atoms with Crippen LogP contribution in [0.5, 0.6) is 5.75 Å². The molecule has 1 aromatic carbocycles. The molecule has 7 heteroatoms. The van der Waals surface area contributed by atoms with Gasteiger partial charge in [-0.05, 0) is 6.07 Å². The second-order valence-electron chi connectivity index (χ2n) is 4.28. The highest BCUT2D eigenvalue weighted by molar-refractivity contribution is 5.60. The van der Waals surface area contributed by atoms with Crippen LogP contribution in [0.2, 0.25) is 0 Å². The quantitative estimate of drug-likeness (QED) is 0.484. The Morgan fingerprint density at radius 2 is 2.16 bits per heavy atom. The van der Waals surface area contributed by atoms with E-state index in [2.05, 4.69) is 4.90 Å². The second-order valence-corrected chi connectivity index (χ2v) is 4.28. The van der Waals surface area contributed by atoms with Gasteiger partial charge in [0.25, 0.3) is 5.69 Å². The van der Waals surface area contributed by atoms with Gasteiger partial charge in [-0.15, -0.1) is 0 Å². The zero-order valence-electron chi connectivity index (χ0n) is 10.6. The zero-order chi connectivity index (χ0) is 13.7. The molecule has 0 aromatic heterocycles. The van der Waals surface area contributed by atoms with Gasteiger partial charge in [-0.3, -0.25) is 15.0 Å². The highest BCUT2D eigenvalue weighted by Crippen LogP contribution is 2.25. The number of ether oxygens (including phenoxy) is 2.